The van der Waals surface area contributed by atoms with E-state index in [1.54, 1.807) is 23.6 Å². The summed E-state index contributed by atoms with van der Waals surface area (Å²) in [5.74, 6) is 0.120. The fraction of sp³-hybridized carbons (Fsp3) is 0.176. The van der Waals surface area contributed by atoms with Crippen LogP contribution in [0.5, 0.6) is 5.75 Å². The molecule has 3 rings (SSSR count). The first kappa shape index (κ1) is 15.7. The zero-order chi connectivity index (χ0) is 17.1. The van der Waals surface area contributed by atoms with E-state index in [1.165, 1.54) is 0 Å². The minimum absolute atomic E-state index is 0.215. The number of ether oxygens (including phenoxy) is 1. The second-order valence-corrected chi connectivity index (χ2v) is 5.29. The number of benzene rings is 1. The van der Waals surface area contributed by atoms with E-state index in [9.17, 15) is 4.79 Å². The average molecular weight is 324 g/mol. The lowest BCUT2D eigenvalue weighted by Crippen LogP contribution is -2.00. The van der Waals surface area contributed by atoms with Crippen molar-refractivity contribution in [1.82, 2.24) is 9.38 Å². The standard InChI is InChI=1S/C17H16N4O3/c1-11-6-7-21-15(8-11)18-14(10-16(22)23)17(21)20-19-12-4-3-5-13(9-12)24-2/h3-9H,10H2,1-2H3,(H,22,23). The number of hydrogen-bond donors (Lipinski definition) is 1. The van der Waals surface area contributed by atoms with Gasteiger partial charge in [0.15, 0.2) is 5.82 Å². The Morgan fingerprint density at radius 1 is 1.29 bits per heavy atom. The monoisotopic (exact) mass is 324 g/mol. The minimum Gasteiger partial charge on any atom is -0.497 e. The molecular formula is C17H16N4O3. The van der Waals surface area contributed by atoms with Crippen molar-refractivity contribution in [2.45, 2.75) is 13.3 Å². The molecule has 0 aliphatic rings. The molecule has 1 N–H and O–H groups in total. The summed E-state index contributed by atoms with van der Waals surface area (Å²) < 4.78 is 6.89. The maximum atomic E-state index is 11.1. The number of carboxylic acids is 1. The Kier molecular flexibility index (Phi) is 4.24. The zero-order valence-electron chi connectivity index (χ0n) is 13.3. The van der Waals surface area contributed by atoms with Gasteiger partial charge in [-0.1, -0.05) is 6.07 Å². The van der Waals surface area contributed by atoms with Crippen LogP contribution in [0.3, 0.4) is 0 Å². The molecule has 0 amide bonds. The molecule has 24 heavy (non-hydrogen) atoms. The van der Waals surface area contributed by atoms with Crippen LogP contribution >= 0.6 is 0 Å². The van der Waals surface area contributed by atoms with E-state index in [2.05, 4.69) is 15.2 Å². The molecule has 7 nitrogen and oxygen atoms in total. The van der Waals surface area contributed by atoms with Crippen LogP contribution in [0.2, 0.25) is 0 Å². The predicted octanol–water partition coefficient (Wildman–Crippen LogP) is 3.69. The largest absolute Gasteiger partial charge is 0.497 e. The van der Waals surface area contributed by atoms with Crippen LogP contribution in [0.25, 0.3) is 5.65 Å². The van der Waals surface area contributed by atoms with Gasteiger partial charge in [-0.3, -0.25) is 9.20 Å². The number of pyridine rings is 1. The topological polar surface area (TPSA) is 88.5 Å². The number of carboxylic acid groups (broad SMARTS) is 1. The lowest BCUT2D eigenvalue weighted by Gasteiger charge is -2.00. The second-order valence-electron chi connectivity index (χ2n) is 5.29. The SMILES string of the molecule is COc1cccc(N=Nc2c(CC(=O)O)nc3cc(C)ccn23)c1. The molecule has 0 spiro atoms. The Labute approximate surface area is 138 Å². The van der Waals surface area contributed by atoms with Crippen LogP contribution in [-0.2, 0) is 11.2 Å². The summed E-state index contributed by atoms with van der Waals surface area (Å²) in [5, 5.41) is 17.5. The number of imidazole rings is 1. The molecule has 2 aromatic heterocycles. The molecule has 0 aliphatic carbocycles. The van der Waals surface area contributed by atoms with Gasteiger partial charge in [0.1, 0.15) is 11.4 Å². The Balaban J connectivity index is 2.05. The third kappa shape index (κ3) is 3.24. The Morgan fingerprint density at radius 2 is 2.12 bits per heavy atom. The van der Waals surface area contributed by atoms with E-state index in [0.717, 1.165) is 5.56 Å². The van der Waals surface area contributed by atoms with Crippen molar-refractivity contribution >= 4 is 23.1 Å². The number of aliphatic carboxylic acids is 1. The maximum absolute atomic E-state index is 11.1. The van der Waals surface area contributed by atoms with E-state index in [1.807, 2.05) is 37.4 Å². The molecule has 0 fully saturated rings. The van der Waals surface area contributed by atoms with Gasteiger partial charge < -0.3 is 9.84 Å². The van der Waals surface area contributed by atoms with Gasteiger partial charge in [-0.05, 0) is 36.8 Å². The van der Waals surface area contributed by atoms with Gasteiger partial charge in [-0.25, -0.2) is 4.98 Å². The van der Waals surface area contributed by atoms with E-state index in [4.69, 9.17) is 9.84 Å². The second kappa shape index (κ2) is 6.49. The molecule has 0 unspecified atom stereocenters. The minimum atomic E-state index is -0.965. The first-order chi connectivity index (χ1) is 11.6. The number of hydrogen-bond acceptors (Lipinski definition) is 5. The van der Waals surface area contributed by atoms with Crippen LogP contribution in [0.4, 0.5) is 11.5 Å². The molecule has 7 heteroatoms. The molecule has 1 aromatic carbocycles. The highest BCUT2D eigenvalue weighted by molar-refractivity contribution is 5.72. The molecule has 3 aromatic rings. The normalized spacial score (nSPS) is 11.2. The van der Waals surface area contributed by atoms with Crippen LogP contribution in [-0.4, -0.2) is 27.6 Å². The fourth-order valence-corrected chi connectivity index (χ4v) is 2.33. The maximum Gasteiger partial charge on any atom is 0.309 e. The summed E-state index contributed by atoms with van der Waals surface area (Å²) in [6.07, 6.45) is 1.59. The fourth-order valence-electron chi connectivity index (χ4n) is 2.33. The summed E-state index contributed by atoms with van der Waals surface area (Å²) in [6, 6.07) is 10.9. The van der Waals surface area contributed by atoms with Gasteiger partial charge in [0.2, 0.25) is 0 Å². The molecule has 0 atom stereocenters. The van der Waals surface area contributed by atoms with Gasteiger partial charge in [0.05, 0.1) is 24.9 Å². The molecule has 0 saturated heterocycles. The smallest absolute Gasteiger partial charge is 0.309 e. The molecule has 0 radical (unpaired) electrons. The van der Waals surface area contributed by atoms with Gasteiger partial charge >= 0.3 is 5.97 Å². The number of aromatic nitrogens is 2. The molecule has 2 heterocycles. The van der Waals surface area contributed by atoms with Gasteiger partial charge in [0, 0.05) is 12.3 Å². The lowest BCUT2D eigenvalue weighted by atomic mass is 10.3. The van der Waals surface area contributed by atoms with E-state index in [0.29, 0.717) is 28.6 Å². The molecular weight excluding hydrogens is 308 g/mol. The lowest BCUT2D eigenvalue weighted by molar-refractivity contribution is -0.136. The first-order valence-corrected chi connectivity index (χ1v) is 7.32. The summed E-state index contributed by atoms with van der Waals surface area (Å²) in [7, 11) is 1.58. The molecule has 0 bridgehead atoms. The number of aryl methyl sites for hydroxylation is 1. The number of carbonyl (C=O) groups is 1. The highest BCUT2D eigenvalue weighted by Gasteiger charge is 2.15. The molecule has 0 aliphatic heterocycles. The first-order valence-electron chi connectivity index (χ1n) is 7.32. The van der Waals surface area contributed by atoms with Crippen LogP contribution < -0.4 is 4.74 Å². The summed E-state index contributed by atoms with van der Waals surface area (Å²) >= 11 is 0. The number of azo groups is 1. The van der Waals surface area contributed by atoms with E-state index < -0.39 is 5.97 Å². The van der Waals surface area contributed by atoms with Gasteiger partial charge in [0.25, 0.3) is 0 Å². The van der Waals surface area contributed by atoms with E-state index >= 15 is 0 Å². The highest BCUT2D eigenvalue weighted by Crippen LogP contribution is 2.26. The van der Waals surface area contributed by atoms with Crippen molar-refractivity contribution in [2.75, 3.05) is 7.11 Å². The Hall–Kier alpha value is -3.22. The van der Waals surface area contributed by atoms with Crippen molar-refractivity contribution < 1.29 is 14.6 Å². The summed E-state index contributed by atoms with van der Waals surface area (Å²) in [4.78, 5) is 15.4. The van der Waals surface area contributed by atoms with Crippen molar-refractivity contribution in [3.05, 3.63) is 53.9 Å². The number of rotatable bonds is 5. The predicted molar refractivity (Wildman–Crippen MR) is 88.4 cm³/mol. The molecule has 0 saturated carbocycles. The van der Waals surface area contributed by atoms with E-state index in [-0.39, 0.29) is 6.42 Å². The van der Waals surface area contributed by atoms with Crippen molar-refractivity contribution in [2.24, 2.45) is 10.2 Å². The Morgan fingerprint density at radius 3 is 2.88 bits per heavy atom. The average Bonchev–Trinajstić information content (AvgIpc) is 2.88. The third-order valence-electron chi connectivity index (χ3n) is 3.46. The quantitative estimate of drug-likeness (QED) is 0.725. The van der Waals surface area contributed by atoms with Crippen LogP contribution in [0.15, 0.2) is 52.8 Å². The van der Waals surface area contributed by atoms with Crippen molar-refractivity contribution in [3.63, 3.8) is 0 Å². The molecule has 122 valence electrons. The summed E-state index contributed by atoms with van der Waals surface area (Å²) in [5.41, 5.74) is 2.66. The van der Waals surface area contributed by atoms with Crippen LogP contribution in [0, 0.1) is 6.92 Å². The summed E-state index contributed by atoms with van der Waals surface area (Å²) in [6.45, 7) is 1.95. The highest BCUT2D eigenvalue weighted by atomic mass is 16.5. The Bertz CT molecular complexity index is 931. The number of fused-ring (bicyclic) bond motifs is 1. The zero-order valence-corrected chi connectivity index (χ0v) is 13.3. The number of nitrogens with zero attached hydrogens (tertiary/aromatic N) is 4. The van der Waals surface area contributed by atoms with Crippen molar-refractivity contribution in [1.29, 1.82) is 0 Å². The number of methoxy groups -OCH3 is 1. The van der Waals surface area contributed by atoms with Gasteiger partial charge in [-0.15, -0.1) is 10.2 Å². The van der Waals surface area contributed by atoms with Crippen molar-refractivity contribution in [3.8, 4) is 5.75 Å². The van der Waals surface area contributed by atoms with Gasteiger partial charge in [-0.2, -0.15) is 0 Å². The third-order valence-corrected chi connectivity index (χ3v) is 3.46. The van der Waals surface area contributed by atoms with Crippen LogP contribution in [0.1, 0.15) is 11.3 Å².